The van der Waals surface area contributed by atoms with Crippen molar-refractivity contribution in [3.8, 4) is 0 Å². The Kier molecular flexibility index (Phi) is 1.53. The summed E-state index contributed by atoms with van der Waals surface area (Å²) in [5, 5.41) is 1.77. The highest BCUT2D eigenvalue weighted by atomic mass is 79.9. The molecule has 0 aliphatic carbocycles. The average Bonchev–Trinajstić information content (AvgIpc) is 1.98. The van der Waals surface area contributed by atoms with E-state index in [1.165, 1.54) is 11.5 Å². The van der Waals surface area contributed by atoms with Gasteiger partial charge in [0, 0.05) is 12.4 Å². The van der Waals surface area contributed by atoms with Gasteiger partial charge in [-0.2, -0.15) is 0 Å². The van der Waals surface area contributed by atoms with Gasteiger partial charge in [0.25, 0.3) is 5.56 Å². The van der Waals surface area contributed by atoms with E-state index in [0.717, 1.165) is 0 Å². The number of rotatable bonds is 0. The Hall–Kier alpha value is -0.0900. The van der Waals surface area contributed by atoms with E-state index in [1.54, 1.807) is 16.4 Å². The Labute approximate surface area is 59.0 Å². The zero-order valence-electron chi connectivity index (χ0n) is 4.22. The lowest BCUT2D eigenvalue weighted by molar-refractivity contribution is 0.975. The first-order valence-corrected chi connectivity index (χ1v) is 3.65. The van der Waals surface area contributed by atoms with Crippen LogP contribution in [0.25, 0.3) is 0 Å². The summed E-state index contributed by atoms with van der Waals surface area (Å²) in [5.41, 5.74) is 0.0370. The molecule has 0 aromatic carbocycles. The number of nitrogens with zero attached hydrogens (tertiary/aromatic N) is 1. The van der Waals surface area contributed by atoms with Crippen molar-refractivity contribution >= 4 is 27.5 Å². The smallest absolute Gasteiger partial charge is 0.267 e. The van der Waals surface area contributed by atoms with Gasteiger partial charge in [0.05, 0.1) is 4.47 Å². The highest BCUT2D eigenvalue weighted by Gasteiger charge is 1.95. The highest BCUT2D eigenvalue weighted by Crippen LogP contribution is 2.04. The number of aryl methyl sites for hydroxylation is 1. The van der Waals surface area contributed by atoms with Crippen molar-refractivity contribution in [2.24, 2.45) is 7.05 Å². The number of halogens is 1. The van der Waals surface area contributed by atoms with Crippen molar-refractivity contribution in [3.63, 3.8) is 0 Å². The van der Waals surface area contributed by atoms with Crippen LogP contribution in [0, 0.1) is 0 Å². The van der Waals surface area contributed by atoms with Crippen molar-refractivity contribution < 1.29 is 0 Å². The van der Waals surface area contributed by atoms with Gasteiger partial charge in [0.1, 0.15) is 0 Å². The molecule has 0 fully saturated rings. The van der Waals surface area contributed by atoms with Crippen molar-refractivity contribution in [1.29, 1.82) is 0 Å². The maximum atomic E-state index is 10.7. The molecule has 0 unspecified atom stereocenters. The number of hydrogen-bond acceptors (Lipinski definition) is 2. The van der Waals surface area contributed by atoms with Crippen LogP contribution in [0.15, 0.2) is 14.6 Å². The summed E-state index contributed by atoms with van der Waals surface area (Å²) in [6.45, 7) is 0. The van der Waals surface area contributed by atoms with Gasteiger partial charge in [0.15, 0.2) is 0 Å². The van der Waals surface area contributed by atoms with Crippen LogP contribution in [0.5, 0.6) is 0 Å². The van der Waals surface area contributed by atoms with E-state index in [4.69, 9.17) is 0 Å². The maximum Gasteiger partial charge on any atom is 0.274 e. The summed E-state index contributed by atoms with van der Waals surface area (Å²) >= 11 is 4.48. The Balaban J connectivity index is 3.42. The Bertz CT molecular complexity index is 216. The quantitative estimate of drug-likeness (QED) is 0.608. The van der Waals surface area contributed by atoms with Crippen LogP contribution in [0.1, 0.15) is 0 Å². The molecule has 0 radical (unpaired) electrons. The third-order valence-electron chi connectivity index (χ3n) is 0.805. The van der Waals surface area contributed by atoms with Crippen molar-refractivity contribution in [3.05, 3.63) is 20.2 Å². The minimum Gasteiger partial charge on any atom is -0.267 e. The van der Waals surface area contributed by atoms with Gasteiger partial charge in [-0.3, -0.25) is 8.75 Å². The van der Waals surface area contributed by atoms with Crippen molar-refractivity contribution in [1.82, 2.24) is 3.96 Å². The van der Waals surface area contributed by atoms with E-state index in [0.29, 0.717) is 4.47 Å². The molecule has 0 saturated carbocycles. The fraction of sp³-hybridized carbons (Fsp3) is 0.250. The topological polar surface area (TPSA) is 22.0 Å². The zero-order chi connectivity index (χ0) is 6.15. The molecule has 2 nitrogen and oxygen atoms in total. The molecule has 0 bridgehead atoms. The monoisotopic (exact) mass is 193 g/mol. The zero-order valence-corrected chi connectivity index (χ0v) is 6.62. The van der Waals surface area contributed by atoms with Crippen LogP contribution in [0.2, 0.25) is 0 Å². The summed E-state index contributed by atoms with van der Waals surface area (Å²) < 4.78 is 2.20. The SMILES string of the molecule is Cn1scc(Br)c1=O. The summed E-state index contributed by atoms with van der Waals surface area (Å²) in [6, 6.07) is 0. The normalized spacial score (nSPS) is 9.75. The van der Waals surface area contributed by atoms with E-state index in [-0.39, 0.29) is 5.56 Å². The molecule has 0 amide bonds. The molecule has 4 heteroatoms. The van der Waals surface area contributed by atoms with Crippen LogP contribution in [-0.2, 0) is 7.05 Å². The molecule has 0 aliphatic heterocycles. The lowest BCUT2D eigenvalue weighted by Gasteiger charge is -1.77. The Morgan fingerprint density at radius 3 is 2.62 bits per heavy atom. The first-order chi connectivity index (χ1) is 3.72. The predicted octanol–water partition coefficient (Wildman–Crippen LogP) is 1.21. The summed E-state index contributed by atoms with van der Waals surface area (Å²) in [6.07, 6.45) is 0. The molecule has 1 heterocycles. The van der Waals surface area contributed by atoms with Crippen LogP contribution in [-0.4, -0.2) is 3.96 Å². The van der Waals surface area contributed by atoms with Gasteiger partial charge in [-0.15, -0.1) is 0 Å². The average molecular weight is 194 g/mol. The fourth-order valence-corrected chi connectivity index (χ4v) is 1.55. The van der Waals surface area contributed by atoms with Gasteiger partial charge >= 0.3 is 0 Å². The van der Waals surface area contributed by atoms with Crippen LogP contribution < -0.4 is 5.56 Å². The molecule has 44 valence electrons. The molecular weight excluding hydrogens is 190 g/mol. The van der Waals surface area contributed by atoms with Crippen LogP contribution in [0.4, 0.5) is 0 Å². The minimum absolute atomic E-state index is 0.0370. The standard InChI is InChI=1S/C4H4BrNOS/c1-6-4(7)3(5)2-8-6/h2H,1H3. The van der Waals surface area contributed by atoms with Gasteiger partial charge in [-0.25, -0.2) is 0 Å². The highest BCUT2D eigenvalue weighted by molar-refractivity contribution is 9.10. The molecule has 1 rings (SSSR count). The molecule has 0 N–H and O–H groups in total. The van der Waals surface area contributed by atoms with Gasteiger partial charge in [0.2, 0.25) is 0 Å². The molecule has 0 atom stereocenters. The van der Waals surface area contributed by atoms with Crippen molar-refractivity contribution in [2.75, 3.05) is 0 Å². The molecule has 0 saturated heterocycles. The minimum atomic E-state index is 0.0370. The second-order valence-electron chi connectivity index (χ2n) is 1.37. The predicted molar refractivity (Wildman–Crippen MR) is 37.3 cm³/mol. The van der Waals surface area contributed by atoms with E-state index in [1.807, 2.05) is 0 Å². The van der Waals surface area contributed by atoms with E-state index in [2.05, 4.69) is 15.9 Å². The third kappa shape index (κ3) is 0.855. The molecule has 0 aliphatic rings. The van der Waals surface area contributed by atoms with Gasteiger partial charge < -0.3 is 0 Å². The van der Waals surface area contributed by atoms with Crippen LogP contribution >= 0.6 is 27.5 Å². The van der Waals surface area contributed by atoms with E-state index < -0.39 is 0 Å². The summed E-state index contributed by atoms with van der Waals surface area (Å²) in [4.78, 5) is 10.7. The number of aromatic nitrogens is 1. The van der Waals surface area contributed by atoms with Gasteiger partial charge in [-0.1, -0.05) is 11.5 Å². The Morgan fingerprint density at radius 1 is 1.88 bits per heavy atom. The third-order valence-corrected chi connectivity index (χ3v) is 2.50. The molecular formula is C4H4BrNOS. The Morgan fingerprint density at radius 2 is 2.50 bits per heavy atom. The van der Waals surface area contributed by atoms with Crippen LogP contribution in [0.3, 0.4) is 0 Å². The largest absolute Gasteiger partial charge is 0.274 e. The second-order valence-corrected chi connectivity index (χ2v) is 3.22. The van der Waals surface area contributed by atoms with Gasteiger partial charge in [-0.05, 0) is 15.9 Å². The molecule has 8 heavy (non-hydrogen) atoms. The van der Waals surface area contributed by atoms with Crippen molar-refractivity contribution in [2.45, 2.75) is 0 Å². The summed E-state index contributed by atoms with van der Waals surface area (Å²) in [7, 11) is 1.73. The lowest BCUT2D eigenvalue weighted by atomic mass is 10.7. The molecule has 1 aromatic heterocycles. The number of hydrogen-bond donors (Lipinski definition) is 0. The molecule has 1 aromatic rings. The fourth-order valence-electron chi connectivity index (χ4n) is 0.374. The first kappa shape index (κ1) is 6.04. The lowest BCUT2D eigenvalue weighted by Crippen LogP contribution is -2.07. The first-order valence-electron chi connectivity index (χ1n) is 2.02. The maximum absolute atomic E-state index is 10.7. The second kappa shape index (κ2) is 2.03. The van der Waals surface area contributed by atoms with E-state index >= 15 is 0 Å². The molecule has 0 spiro atoms. The van der Waals surface area contributed by atoms with E-state index in [9.17, 15) is 4.79 Å². The summed E-state index contributed by atoms with van der Waals surface area (Å²) in [5.74, 6) is 0.